The smallest absolute Gasteiger partial charge is 0.330 e. The standard InChI is InChI=1S/C26H42N4O22P2/c1-46-8-9-47-7-5-17(33)28-12(24(39)40)2-3-15(31)27-10-13-18(34)20(36)22(38)25(50-13)51-54(44,45)52-53(42,43)48-11-14-19(35)21(37)23(49-14)30-6-4-16(32)29-26(30)41/h4,6,12-14,18-23,25,34-38H,2-3,5,7-11H2,1H3,(H,27,31)(H,28,33)(H,39,40)(H,42,43)(H,44,45)(H,29,32,41)/p-2/t12?,13?,14-,18+,19+,20+,21+,22?,23?,25+/m1/s1. The summed E-state index contributed by atoms with van der Waals surface area (Å²) in [5.74, 6) is -2.97. The zero-order chi connectivity index (χ0) is 40.4. The predicted octanol–water partition coefficient (Wildman–Crippen LogP) is -6.53. The van der Waals surface area contributed by atoms with E-state index in [1.165, 1.54) is 7.11 Å². The fourth-order valence-corrected chi connectivity index (χ4v) is 6.95. The number of carbonyl (C=O) groups excluding carboxylic acids is 2. The Bertz CT molecular complexity index is 1640. The van der Waals surface area contributed by atoms with Gasteiger partial charge in [0.25, 0.3) is 21.2 Å². The zero-order valence-corrected chi connectivity index (χ0v) is 29.9. The summed E-state index contributed by atoms with van der Waals surface area (Å²) >= 11 is 0. The number of carbonyl (C=O) groups is 3. The lowest BCUT2D eigenvalue weighted by molar-refractivity contribution is -0.301. The molecule has 2 fully saturated rings. The van der Waals surface area contributed by atoms with Crippen LogP contribution in [0.4, 0.5) is 0 Å². The van der Waals surface area contributed by atoms with Crippen molar-refractivity contribution in [2.24, 2.45) is 0 Å². The van der Waals surface area contributed by atoms with Gasteiger partial charge in [0.1, 0.15) is 48.8 Å². The van der Waals surface area contributed by atoms with E-state index >= 15 is 0 Å². The summed E-state index contributed by atoms with van der Waals surface area (Å²) in [6, 6.07) is -0.590. The number of nitrogens with zero attached hydrogens (tertiary/aromatic N) is 1. The van der Waals surface area contributed by atoms with Crippen LogP contribution in [0, 0.1) is 0 Å². The summed E-state index contributed by atoms with van der Waals surface area (Å²) in [4.78, 5) is 86.0. The van der Waals surface area contributed by atoms with E-state index in [4.69, 9.17) is 18.9 Å². The molecule has 2 aliphatic heterocycles. The highest BCUT2D eigenvalue weighted by Crippen LogP contribution is 2.57. The minimum absolute atomic E-state index is 0.0192. The molecule has 0 spiro atoms. The molecule has 3 heterocycles. The van der Waals surface area contributed by atoms with Gasteiger partial charge in [-0.25, -0.2) is 13.9 Å². The number of rotatable bonds is 21. The molecule has 12 atom stereocenters. The topological polar surface area (TPSA) is 396 Å². The van der Waals surface area contributed by atoms with Gasteiger partial charge in [0.15, 0.2) is 12.5 Å². The highest BCUT2D eigenvalue weighted by Gasteiger charge is 2.47. The number of aromatic amines is 1. The third-order valence-electron chi connectivity index (χ3n) is 7.66. The Morgan fingerprint density at radius 2 is 1.61 bits per heavy atom. The third kappa shape index (κ3) is 13.3. The van der Waals surface area contributed by atoms with E-state index in [-0.39, 0.29) is 26.2 Å². The summed E-state index contributed by atoms with van der Waals surface area (Å²) in [6.07, 6.45) is -17.9. The lowest BCUT2D eigenvalue weighted by atomic mass is 9.99. The average molecular weight is 823 g/mol. The van der Waals surface area contributed by atoms with Crippen molar-refractivity contribution in [3.05, 3.63) is 33.1 Å². The maximum atomic E-state index is 12.5. The molecular formula is C26H40N4O22P2-2. The first-order valence-electron chi connectivity index (χ1n) is 15.8. The number of aliphatic hydroxyl groups excluding tert-OH is 5. The van der Waals surface area contributed by atoms with Gasteiger partial charge in [-0.2, -0.15) is 0 Å². The second-order valence-electron chi connectivity index (χ2n) is 11.6. The van der Waals surface area contributed by atoms with Gasteiger partial charge in [0.2, 0.25) is 11.8 Å². The molecular weight excluding hydrogens is 782 g/mol. The molecule has 0 saturated carbocycles. The average Bonchev–Trinajstić information content (AvgIpc) is 3.36. The number of methoxy groups -OCH3 is 1. The monoisotopic (exact) mass is 822 g/mol. The quantitative estimate of drug-likeness (QED) is 0.0411. The third-order valence-corrected chi connectivity index (χ3v) is 10.2. The maximum absolute atomic E-state index is 12.5. The van der Waals surface area contributed by atoms with Crippen molar-refractivity contribution in [1.29, 1.82) is 0 Å². The largest absolute Gasteiger partial charge is 0.756 e. The first-order chi connectivity index (χ1) is 25.2. The van der Waals surface area contributed by atoms with Gasteiger partial charge < -0.3 is 74.5 Å². The van der Waals surface area contributed by atoms with Crippen LogP contribution >= 0.6 is 15.6 Å². The van der Waals surface area contributed by atoms with Crippen molar-refractivity contribution in [3.63, 3.8) is 0 Å². The molecule has 26 nitrogen and oxygen atoms in total. The summed E-state index contributed by atoms with van der Waals surface area (Å²) in [5.41, 5.74) is -1.85. The Labute approximate surface area is 303 Å². The molecule has 6 unspecified atom stereocenters. The number of carboxylic acids is 1. The molecule has 1 aromatic rings. The van der Waals surface area contributed by atoms with Crippen LogP contribution in [0.25, 0.3) is 0 Å². The van der Waals surface area contributed by atoms with Crippen LogP contribution in [0.3, 0.4) is 0 Å². The predicted molar refractivity (Wildman–Crippen MR) is 166 cm³/mol. The summed E-state index contributed by atoms with van der Waals surface area (Å²) < 4.78 is 58.5. The van der Waals surface area contributed by atoms with E-state index in [2.05, 4.69) is 24.0 Å². The van der Waals surface area contributed by atoms with Gasteiger partial charge in [-0.05, 0) is 6.42 Å². The van der Waals surface area contributed by atoms with Crippen LogP contribution in [0.15, 0.2) is 21.9 Å². The lowest BCUT2D eigenvalue weighted by Gasteiger charge is -2.42. The molecule has 0 aliphatic carbocycles. The number of aromatic nitrogens is 2. The molecule has 9 N–H and O–H groups in total. The fourth-order valence-electron chi connectivity index (χ4n) is 4.87. The second kappa shape index (κ2) is 20.2. The number of amides is 2. The number of ether oxygens (including phenoxy) is 4. The van der Waals surface area contributed by atoms with Crippen molar-refractivity contribution in [3.8, 4) is 0 Å². The van der Waals surface area contributed by atoms with Gasteiger partial charge in [0, 0.05) is 38.8 Å². The molecule has 54 heavy (non-hydrogen) atoms. The number of hydrogen-bond acceptors (Lipinski definition) is 21. The number of hydrogen-bond donors (Lipinski definition) is 9. The van der Waals surface area contributed by atoms with Gasteiger partial charge in [0.05, 0.1) is 26.4 Å². The van der Waals surface area contributed by atoms with Crippen molar-refractivity contribution >= 4 is 33.4 Å². The Kier molecular flexibility index (Phi) is 17.0. The first-order valence-corrected chi connectivity index (χ1v) is 18.7. The van der Waals surface area contributed by atoms with Gasteiger partial charge in [-0.1, -0.05) is 0 Å². The summed E-state index contributed by atoms with van der Waals surface area (Å²) in [6.45, 7) is -1.41. The molecule has 3 rings (SSSR count). The molecule has 308 valence electrons. The van der Waals surface area contributed by atoms with E-state index in [1.54, 1.807) is 0 Å². The Hall–Kier alpha value is -3.01. The first kappa shape index (κ1) is 45.4. The molecule has 0 bridgehead atoms. The van der Waals surface area contributed by atoms with Crippen molar-refractivity contribution < 1.29 is 96.2 Å². The summed E-state index contributed by atoms with van der Waals surface area (Å²) in [5, 5.41) is 65.1. The molecule has 2 amide bonds. The van der Waals surface area contributed by atoms with Crippen LogP contribution in [0.5, 0.6) is 0 Å². The molecule has 0 radical (unpaired) electrons. The molecule has 28 heteroatoms. The fraction of sp³-hybridized carbons (Fsp3) is 0.731. The van der Waals surface area contributed by atoms with Gasteiger partial charge >= 0.3 is 11.7 Å². The minimum Gasteiger partial charge on any atom is -0.756 e. The number of H-pyrrole nitrogens is 1. The maximum Gasteiger partial charge on any atom is 0.330 e. The van der Waals surface area contributed by atoms with E-state index in [0.29, 0.717) is 4.57 Å². The van der Waals surface area contributed by atoms with E-state index in [1.807, 2.05) is 4.98 Å². The van der Waals surface area contributed by atoms with Gasteiger partial charge in [-0.3, -0.25) is 37.6 Å². The Morgan fingerprint density at radius 3 is 2.26 bits per heavy atom. The van der Waals surface area contributed by atoms with Crippen molar-refractivity contribution in [1.82, 2.24) is 20.2 Å². The van der Waals surface area contributed by atoms with Crippen LogP contribution in [0.2, 0.25) is 0 Å². The molecule has 0 aromatic carbocycles. The van der Waals surface area contributed by atoms with Crippen molar-refractivity contribution in [2.75, 3.05) is 40.1 Å². The number of phosphoric acid groups is 2. The molecule has 2 aliphatic rings. The van der Waals surface area contributed by atoms with E-state index in [9.17, 15) is 73.5 Å². The van der Waals surface area contributed by atoms with Crippen LogP contribution in [-0.2, 0) is 55.8 Å². The van der Waals surface area contributed by atoms with Crippen LogP contribution < -0.4 is 31.7 Å². The zero-order valence-electron chi connectivity index (χ0n) is 28.1. The highest BCUT2D eigenvalue weighted by atomic mass is 31.3. The normalized spacial score (nSPS) is 29.8. The number of phosphoric ester groups is 2. The Balaban J connectivity index is 1.51. The van der Waals surface area contributed by atoms with E-state index < -0.39 is 132 Å². The number of nitrogens with one attached hydrogen (secondary N) is 3. The summed E-state index contributed by atoms with van der Waals surface area (Å²) in [7, 11) is -10.6. The second-order valence-corrected chi connectivity index (χ2v) is 14.5. The Morgan fingerprint density at radius 1 is 0.926 bits per heavy atom. The number of carboxylic acid groups (broad SMARTS) is 1. The van der Waals surface area contributed by atoms with Crippen LogP contribution in [-0.4, -0.2) is 153 Å². The van der Waals surface area contributed by atoms with E-state index in [0.717, 1.165) is 12.3 Å². The minimum atomic E-state index is -6.10. The number of aliphatic hydroxyl groups is 5. The van der Waals surface area contributed by atoms with Crippen LogP contribution in [0.1, 0.15) is 25.5 Å². The molecule has 1 aromatic heterocycles. The lowest BCUT2D eigenvalue weighted by Crippen LogP contribution is -2.60. The number of aliphatic carboxylic acids is 1. The molecule has 2 saturated heterocycles. The SMILES string of the molecule is COCCOCCC(=O)NC(CCC(=O)NCC1O[C@@H](OP(=O)([O-])OP(=O)([O-])OC[C@H]2OC(n3ccc(=O)[nH]c3=O)[C@@H](O)[C@H]2O)C(O)[C@@H](O)[C@H]1O)C(=O)O. The highest BCUT2D eigenvalue weighted by molar-refractivity contribution is 7.59. The van der Waals surface area contributed by atoms with Gasteiger partial charge in [-0.15, -0.1) is 0 Å². The van der Waals surface area contributed by atoms with Crippen molar-refractivity contribution in [2.45, 2.75) is 80.5 Å².